The van der Waals surface area contributed by atoms with Crippen LogP contribution in [0.2, 0.25) is 0 Å². The Morgan fingerprint density at radius 1 is 1.37 bits per heavy atom. The van der Waals surface area contributed by atoms with Crippen LogP contribution in [0.3, 0.4) is 0 Å². The first-order chi connectivity index (χ1) is 9.13. The molecule has 2 aliphatic rings. The lowest BCUT2D eigenvalue weighted by Gasteiger charge is -2.15. The van der Waals surface area contributed by atoms with Gasteiger partial charge in [-0.2, -0.15) is 0 Å². The van der Waals surface area contributed by atoms with E-state index in [1.807, 2.05) is 19.3 Å². The topological polar surface area (TPSA) is 66.3 Å². The highest BCUT2D eigenvalue weighted by atomic mass is 16.4. The number of likely N-dealkylation sites (tertiary alicyclic amines) is 1. The summed E-state index contributed by atoms with van der Waals surface area (Å²) in [6, 6.07) is 0. The molecule has 3 rings (SSSR count). The first-order valence-corrected chi connectivity index (χ1v) is 6.86. The van der Waals surface area contributed by atoms with E-state index in [0.717, 1.165) is 24.5 Å². The summed E-state index contributed by atoms with van der Waals surface area (Å²) in [5.41, 5.74) is 1.06. The fourth-order valence-corrected chi connectivity index (χ4v) is 3.06. The number of rotatable bonds is 4. The van der Waals surface area contributed by atoms with Crippen molar-refractivity contribution in [3.8, 4) is 0 Å². The Kier molecular flexibility index (Phi) is 3.22. The molecule has 2 fully saturated rings. The number of hydrogen-bond donors (Lipinski definition) is 1. The highest BCUT2D eigenvalue weighted by Gasteiger charge is 2.45. The zero-order valence-electron chi connectivity index (χ0n) is 11.1. The van der Waals surface area contributed by atoms with Crippen molar-refractivity contribution in [1.82, 2.24) is 14.9 Å². The zero-order chi connectivity index (χ0) is 13.4. The van der Waals surface area contributed by atoms with Gasteiger partial charge in [0.1, 0.15) is 5.82 Å². The summed E-state index contributed by atoms with van der Waals surface area (Å²) < 4.78 is 0. The lowest BCUT2D eigenvalue weighted by molar-refractivity contribution is -0.142. The first-order valence-electron chi connectivity index (χ1n) is 6.86. The van der Waals surface area contributed by atoms with E-state index in [-0.39, 0.29) is 5.92 Å². The minimum atomic E-state index is -0.639. The molecule has 2 heterocycles. The quantitative estimate of drug-likeness (QED) is 0.885. The number of carbonyl (C=O) groups is 1. The van der Waals surface area contributed by atoms with Crippen LogP contribution in [0, 0.1) is 24.7 Å². The maximum absolute atomic E-state index is 11.3. The van der Waals surface area contributed by atoms with Gasteiger partial charge in [0.25, 0.3) is 0 Å². The molecular formula is C14H19N3O2. The predicted octanol–water partition coefficient (Wildman–Crippen LogP) is 1.33. The third-order valence-corrected chi connectivity index (χ3v) is 4.23. The molecule has 0 aromatic carbocycles. The van der Waals surface area contributed by atoms with E-state index in [2.05, 4.69) is 14.9 Å². The van der Waals surface area contributed by atoms with Gasteiger partial charge in [-0.3, -0.25) is 9.69 Å². The van der Waals surface area contributed by atoms with Crippen LogP contribution < -0.4 is 0 Å². The fourth-order valence-electron chi connectivity index (χ4n) is 3.06. The van der Waals surface area contributed by atoms with Gasteiger partial charge in [0.05, 0.1) is 5.92 Å². The zero-order valence-corrected chi connectivity index (χ0v) is 11.1. The van der Waals surface area contributed by atoms with E-state index in [4.69, 9.17) is 0 Å². The molecule has 0 radical (unpaired) electrons. The van der Waals surface area contributed by atoms with Gasteiger partial charge in [-0.1, -0.05) is 0 Å². The molecule has 0 unspecified atom stereocenters. The van der Waals surface area contributed by atoms with Crippen LogP contribution in [0.25, 0.3) is 0 Å². The lowest BCUT2D eigenvalue weighted by atomic mass is 9.92. The molecule has 1 N–H and O–H groups in total. The molecule has 102 valence electrons. The summed E-state index contributed by atoms with van der Waals surface area (Å²) in [4.78, 5) is 21.9. The average Bonchev–Trinajstić information content (AvgIpc) is 3.13. The van der Waals surface area contributed by atoms with Gasteiger partial charge in [0.2, 0.25) is 0 Å². The molecule has 0 amide bonds. The highest BCUT2D eigenvalue weighted by Crippen LogP contribution is 2.44. The van der Waals surface area contributed by atoms with Crippen LogP contribution in [0.5, 0.6) is 0 Å². The van der Waals surface area contributed by atoms with Gasteiger partial charge in [-0.15, -0.1) is 0 Å². The van der Waals surface area contributed by atoms with Crippen LogP contribution in [0.1, 0.15) is 24.2 Å². The van der Waals surface area contributed by atoms with Crippen molar-refractivity contribution in [2.75, 3.05) is 13.1 Å². The van der Waals surface area contributed by atoms with Crippen LogP contribution in [0.15, 0.2) is 12.4 Å². The van der Waals surface area contributed by atoms with Crippen LogP contribution in [-0.4, -0.2) is 39.0 Å². The van der Waals surface area contributed by atoms with E-state index in [9.17, 15) is 9.90 Å². The standard InChI is InChI=1S/C14H19N3O2/c1-9-15-4-10(5-16-9)6-17-7-12(11-2-3-11)13(8-17)14(18)19/h4-5,11-13H,2-3,6-8H2,1H3,(H,18,19)/t12-,13+/m1/s1. The molecule has 1 aliphatic carbocycles. The molecule has 1 aromatic heterocycles. The molecule has 19 heavy (non-hydrogen) atoms. The van der Waals surface area contributed by atoms with Crippen molar-refractivity contribution < 1.29 is 9.90 Å². The molecular weight excluding hydrogens is 242 g/mol. The summed E-state index contributed by atoms with van der Waals surface area (Å²) in [7, 11) is 0. The average molecular weight is 261 g/mol. The van der Waals surface area contributed by atoms with E-state index in [1.54, 1.807) is 0 Å². The molecule has 1 saturated carbocycles. The molecule has 0 spiro atoms. The van der Waals surface area contributed by atoms with E-state index < -0.39 is 5.97 Å². The van der Waals surface area contributed by atoms with E-state index in [0.29, 0.717) is 18.4 Å². The lowest BCUT2D eigenvalue weighted by Crippen LogP contribution is -2.24. The maximum Gasteiger partial charge on any atom is 0.308 e. The largest absolute Gasteiger partial charge is 0.481 e. The minimum absolute atomic E-state index is 0.195. The second-order valence-electron chi connectivity index (χ2n) is 5.78. The molecule has 5 nitrogen and oxygen atoms in total. The van der Waals surface area contributed by atoms with Gasteiger partial charge in [-0.05, 0) is 31.6 Å². The molecule has 2 atom stereocenters. The van der Waals surface area contributed by atoms with Gasteiger partial charge in [-0.25, -0.2) is 9.97 Å². The van der Waals surface area contributed by atoms with Crippen molar-refractivity contribution in [2.45, 2.75) is 26.3 Å². The Labute approximate surface area is 112 Å². The van der Waals surface area contributed by atoms with E-state index >= 15 is 0 Å². The Morgan fingerprint density at radius 3 is 2.63 bits per heavy atom. The predicted molar refractivity (Wildman–Crippen MR) is 69.4 cm³/mol. The summed E-state index contributed by atoms with van der Waals surface area (Å²) in [6.45, 7) is 4.18. The molecule has 1 saturated heterocycles. The third-order valence-electron chi connectivity index (χ3n) is 4.23. The molecule has 1 aliphatic heterocycles. The monoisotopic (exact) mass is 261 g/mol. The summed E-state index contributed by atoms with van der Waals surface area (Å²) in [5, 5.41) is 9.33. The van der Waals surface area contributed by atoms with Crippen molar-refractivity contribution in [3.05, 3.63) is 23.8 Å². The normalized spacial score (nSPS) is 27.6. The summed E-state index contributed by atoms with van der Waals surface area (Å²) >= 11 is 0. The number of hydrogen-bond acceptors (Lipinski definition) is 4. The first kappa shape index (κ1) is 12.5. The van der Waals surface area contributed by atoms with Gasteiger partial charge in [0.15, 0.2) is 0 Å². The Hall–Kier alpha value is -1.49. The highest BCUT2D eigenvalue weighted by molar-refractivity contribution is 5.71. The number of carboxylic acids is 1. The van der Waals surface area contributed by atoms with Crippen molar-refractivity contribution in [1.29, 1.82) is 0 Å². The third kappa shape index (κ3) is 2.76. The Bertz CT molecular complexity index is 470. The fraction of sp³-hybridized carbons (Fsp3) is 0.643. The van der Waals surface area contributed by atoms with Crippen LogP contribution in [-0.2, 0) is 11.3 Å². The Balaban J connectivity index is 1.66. The molecule has 1 aromatic rings. The number of aryl methyl sites for hydroxylation is 1. The van der Waals surface area contributed by atoms with Gasteiger partial charge in [0, 0.05) is 37.6 Å². The van der Waals surface area contributed by atoms with Crippen LogP contribution >= 0.6 is 0 Å². The maximum atomic E-state index is 11.3. The van der Waals surface area contributed by atoms with Gasteiger partial charge >= 0.3 is 5.97 Å². The van der Waals surface area contributed by atoms with E-state index in [1.165, 1.54) is 12.8 Å². The molecule has 5 heteroatoms. The summed E-state index contributed by atoms with van der Waals surface area (Å²) in [5.74, 6) is 0.909. The second kappa shape index (κ2) is 4.89. The van der Waals surface area contributed by atoms with Crippen molar-refractivity contribution >= 4 is 5.97 Å². The smallest absolute Gasteiger partial charge is 0.308 e. The SMILES string of the molecule is Cc1ncc(CN2C[C@H](C(=O)O)[C@@H](C3CC3)C2)cn1. The van der Waals surface area contributed by atoms with Gasteiger partial charge < -0.3 is 5.11 Å². The minimum Gasteiger partial charge on any atom is -0.481 e. The van der Waals surface area contributed by atoms with Crippen LogP contribution in [0.4, 0.5) is 0 Å². The number of aromatic nitrogens is 2. The number of nitrogens with zero attached hydrogens (tertiary/aromatic N) is 3. The molecule has 0 bridgehead atoms. The number of aliphatic carboxylic acids is 1. The summed E-state index contributed by atoms with van der Waals surface area (Å²) in [6.07, 6.45) is 6.08. The second-order valence-corrected chi connectivity index (χ2v) is 5.78. The number of carboxylic acid groups (broad SMARTS) is 1. The van der Waals surface area contributed by atoms with Crippen molar-refractivity contribution in [2.24, 2.45) is 17.8 Å². The Morgan fingerprint density at radius 2 is 2.05 bits per heavy atom. The van der Waals surface area contributed by atoms with Crippen molar-refractivity contribution in [3.63, 3.8) is 0 Å².